The second-order valence-electron chi connectivity index (χ2n) is 5.70. The van der Waals surface area contributed by atoms with E-state index in [0.29, 0.717) is 6.04 Å². The van der Waals surface area contributed by atoms with Crippen LogP contribution in [0.3, 0.4) is 0 Å². The first-order chi connectivity index (χ1) is 10.2. The summed E-state index contributed by atoms with van der Waals surface area (Å²) in [5, 5.41) is 4.84. The number of aromatic nitrogens is 3. The van der Waals surface area contributed by atoms with E-state index in [0.717, 1.165) is 19.6 Å². The van der Waals surface area contributed by atoms with Crippen LogP contribution in [0, 0.1) is 0 Å². The van der Waals surface area contributed by atoms with Gasteiger partial charge < -0.3 is 14.5 Å². The monoisotopic (exact) mass is 282 g/mol. The maximum atomic E-state index is 4.08. The molecule has 0 bridgehead atoms. The van der Waals surface area contributed by atoms with Crippen LogP contribution in [0.1, 0.15) is 19.4 Å². The molecule has 0 aliphatic rings. The summed E-state index contributed by atoms with van der Waals surface area (Å²) in [5.74, 6) is 0. The lowest BCUT2D eigenvalue weighted by molar-refractivity contribution is 0.589. The molecule has 0 atom stereocenters. The summed E-state index contributed by atoms with van der Waals surface area (Å²) in [6.07, 6.45) is 7.87. The first-order valence-corrected chi connectivity index (χ1v) is 7.50. The van der Waals surface area contributed by atoms with Crippen molar-refractivity contribution in [2.24, 2.45) is 0 Å². The summed E-state index contributed by atoms with van der Waals surface area (Å²) in [7, 11) is 0. The lowest BCUT2D eigenvalue weighted by Crippen LogP contribution is -2.21. The summed E-state index contributed by atoms with van der Waals surface area (Å²) >= 11 is 0. The van der Waals surface area contributed by atoms with Gasteiger partial charge in [0.05, 0.1) is 6.33 Å². The van der Waals surface area contributed by atoms with Crippen molar-refractivity contribution >= 4 is 10.9 Å². The van der Waals surface area contributed by atoms with Crippen LogP contribution < -0.4 is 5.32 Å². The number of imidazole rings is 1. The Labute approximate surface area is 125 Å². The van der Waals surface area contributed by atoms with E-state index < -0.39 is 0 Å². The highest BCUT2D eigenvalue weighted by molar-refractivity contribution is 5.83. The van der Waals surface area contributed by atoms with Gasteiger partial charge >= 0.3 is 0 Å². The molecular weight excluding hydrogens is 260 g/mol. The fraction of sp³-hybridized carbons (Fsp3) is 0.353. The standard InChI is InChI=1S/C17H22N4/c1-14(2)19-12-15-4-3-5-17-16(15)6-8-21(17)11-10-20-9-7-18-13-20/h3-9,13-14,19H,10-12H2,1-2H3. The molecule has 3 aromatic rings. The van der Waals surface area contributed by atoms with Crippen LogP contribution in [0.4, 0.5) is 0 Å². The third kappa shape index (κ3) is 3.16. The fourth-order valence-corrected chi connectivity index (χ4v) is 2.59. The van der Waals surface area contributed by atoms with Crippen LogP contribution in [0.15, 0.2) is 49.2 Å². The van der Waals surface area contributed by atoms with Gasteiger partial charge in [-0.05, 0) is 17.7 Å². The van der Waals surface area contributed by atoms with Crippen LogP contribution >= 0.6 is 0 Å². The van der Waals surface area contributed by atoms with E-state index >= 15 is 0 Å². The van der Waals surface area contributed by atoms with Gasteiger partial charge in [0, 0.05) is 55.2 Å². The Balaban J connectivity index is 1.79. The minimum atomic E-state index is 0.503. The molecule has 0 saturated heterocycles. The lowest BCUT2D eigenvalue weighted by atomic mass is 10.1. The smallest absolute Gasteiger partial charge is 0.0946 e. The van der Waals surface area contributed by atoms with Gasteiger partial charge in [0.25, 0.3) is 0 Å². The molecule has 4 heteroatoms. The Hall–Kier alpha value is -2.07. The summed E-state index contributed by atoms with van der Waals surface area (Å²) in [6.45, 7) is 7.17. The molecule has 1 N–H and O–H groups in total. The largest absolute Gasteiger partial charge is 0.346 e. The third-order valence-corrected chi connectivity index (χ3v) is 3.76. The number of aryl methyl sites for hydroxylation is 2. The molecule has 0 spiro atoms. The van der Waals surface area contributed by atoms with Gasteiger partial charge in [0.2, 0.25) is 0 Å². The predicted octanol–water partition coefficient (Wildman–Crippen LogP) is 3.04. The average molecular weight is 282 g/mol. The van der Waals surface area contributed by atoms with Crippen LogP contribution in [-0.2, 0) is 19.6 Å². The zero-order valence-corrected chi connectivity index (χ0v) is 12.7. The molecule has 21 heavy (non-hydrogen) atoms. The molecule has 4 nitrogen and oxygen atoms in total. The molecule has 110 valence electrons. The molecule has 0 aliphatic carbocycles. The maximum Gasteiger partial charge on any atom is 0.0946 e. The van der Waals surface area contributed by atoms with Crippen LogP contribution in [0.25, 0.3) is 10.9 Å². The van der Waals surface area contributed by atoms with Gasteiger partial charge in [-0.25, -0.2) is 4.98 Å². The highest BCUT2D eigenvalue weighted by Gasteiger charge is 2.06. The Morgan fingerprint density at radius 2 is 2.05 bits per heavy atom. The van der Waals surface area contributed by atoms with E-state index in [1.54, 1.807) is 0 Å². The van der Waals surface area contributed by atoms with E-state index in [1.807, 2.05) is 18.7 Å². The van der Waals surface area contributed by atoms with Crippen molar-refractivity contribution in [3.63, 3.8) is 0 Å². The summed E-state index contributed by atoms with van der Waals surface area (Å²) in [4.78, 5) is 4.08. The number of rotatable bonds is 6. The predicted molar refractivity (Wildman–Crippen MR) is 86.1 cm³/mol. The van der Waals surface area contributed by atoms with Gasteiger partial charge in [-0.1, -0.05) is 26.0 Å². The Morgan fingerprint density at radius 1 is 1.14 bits per heavy atom. The number of hydrogen-bond acceptors (Lipinski definition) is 2. The Bertz CT molecular complexity index is 695. The van der Waals surface area contributed by atoms with Crippen molar-refractivity contribution in [1.29, 1.82) is 0 Å². The molecule has 0 fully saturated rings. The molecule has 3 rings (SSSR count). The van der Waals surface area contributed by atoms with Crippen molar-refractivity contribution in [1.82, 2.24) is 19.4 Å². The zero-order valence-electron chi connectivity index (χ0n) is 12.7. The first kappa shape index (κ1) is 13.9. The molecule has 0 amide bonds. The minimum absolute atomic E-state index is 0.503. The highest BCUT2D eigenvalue weighted by atomic mass is 15.1. The van der Waals surface area contributed by atoms with Crippen molar-refractivity contribution < 1.29 is 0 Å². The topological polar surface area (TPSA) is 34.8 Å². The van der Waals surface area contributed by atoms with Crippen LogP contribution in [0.5, 0.6) is 0 Å². The summed E-state index contributed by atoms with van der Waals surface area (Å²) in [6, 6.07) is 9.28. The van der Waals surface area contributed by atoms with E-state index in [1.165, 1.54) is 16.5 Å². The molecule has 0 aliphatic heterocycles. The van der Waals surface area contributed by atoms with Crippen LogP contribution in [0.2, 0.25) is 0 Å². The molecule has 1 aromatic carbocycles. The average Bonchev–Trinajstić information content (AvgIpc) is 3.12. The third-order valence-electron chi connectivity index (χ3n) is 3.76. The Kier molecular flexibility index (Phi) is 4.06. The SMILES string of the molecule is CC(C)NCc1cccc2c1ccn2CCn1ccnc1. The quantitative estimate of drug-likeness (QED) is 0.754. The minimum Gasteiger partial charge on any atom is -0.346 e. The normalized spacial score (nSPS) is 11.6. The van der Waals surface area contributed by atoms with Gasteiger partial charge in [-0.3, -0.25) is 0 Å². The fourth-order valence-electron chi connectivity index (χ4n) is 2.59. The van der Waals surface area contributed by atoms with E-state index in [-0.39, 0.29) is 0 Å². The number of hydrogen-bond donors (Lipinski definition) is 1. The molecule has 0 saturated carbocycles. The molecule has 0 unspecified atom stereocenters. The van der Waals surface area contributed by atoms with E-state index in [9.17, 15) is 0 Å². The second kappa shape index (κ2) is 6.14. The van der Waals surface area contributed by atoms with Gasteiger partial charge in [0.1, 0.15) is 0 Å². The van der Waals surface area contributed by atoms with E-state index in [2.05, 4.69) is 63.7 Å². The molecule has 2 aromatic heterocycles. The zero-order chi connectivity index (χ0) is 14.7. The molecule has 0 radical (unpaired) electrons. The number of nitrogens with one attached hydrogen (secondary N) is 1. The van der Waals surface area contributed by atoms with E-state index in [4.69, 9.17) is 0 Å². The van der Waals surface area contributed by atoms with Gasteiger partial charge in [0.15, 0.2) is 0 Å². The van der Waals surface area contributed by atoms with Gasteiger partial charge in [-0.2, -0.15) is 0 Å². The van der Waals surface area contributed by atoms with Crippen molar-refractivity contribution in [3.05, 3.63) is 54.7 Å². The number of fused-ring (bicyclic) bond motifs is 1. The van der Waals surface area contributed by atoms with Crippen LogP contribution in [-0.4, -0.2) is 20.2 Å². The lowest BCUT2D eigenvalue weighted by Gasteiger charge is -2.10. The second-order valence-corrected chi connectivity index (χ2v) is 5.70. The molecular formula is C17H22N4. The highest BCUT2D eigenvalue weighted by Crippen LogP contribution is 2.20. The maximum absolute atomic E-state index is 4.08. The number of benzene rings is 1. The molecule has 2 heterocycles. The number of nitrogens with zero attached hydrogens (tertiary/aromatic N) is 3. The van der Waals surface area contributed by atoms with Crippen molar-refractivity contribution in [2.75, 3.05) is 0 Å². The summed E-state index contributed by atoms with van der Waals surface area (Å²) in [5.41, 5.74) is 2.67. The van der Waals surface area contributed by atoms with Gasteiger partial charge in [-0.15, -0.1) is 0 Å². The van der Waals surface area contributed by atoms with Crippen molar-refractivity contribution in [3.8, 4) is 0 Å². The van der Waals surface area contributed by atoms with Crippen molar-refractivity contribution in [2.45, 2.75) is 39.5 Å². The summed E-state index contributed by atoms with van der Waals surface area (Å²) < 4.78 is 4.42. The first-order valence-electron chi connectivity index (χ1n) is 7.50. The Morgan fingerprint density at radius 3 is 2.81 bits per heavy atom.